The Hall–Kier alpha value is -2.59. The van der Waals surface area contributed by atoms with Gasteiger partial charge in [0.25, 0.3) is 0 Å². The molecule has 4 unspecified atom stereocenters. The number of hydrogen-bond donors (Lipinski definition) is 5. The third-order valence-corrected chi connectivity index (χ3v) is 6.19. The standard InChI is InChI=1S/C26H42N4O5S/c1-16(2)13-19(27)23(31)29-21(15-18-9-7-6-8-10-18)25(33)28-20(11-12-36-5)24(32)30-22(26(34)35)14-17(3)4/h6-10,16-17,19-22H,11-15,27H2,1-5H3,(H,28,33)(H,29,31)(H,30,32)(H,34,35). The molecule has 0 bridgehead atoms. The molecule has 0 saturated carbocycles. The van der Waals surface area contributed by atoms with Crippen LogP contribution in [0.2, 0.25) is 0 Å². The van der Waals surface area contributed by atoms with Gasteiger partial charge >= 0.3 is 5.97 Å². The van der Waals surface area contributed by atoms with Crippen LogP contribution in [0.5, 0.6) is 0 Å². The molecular formula is C26H42N4O5S. The molecule has 0 saturated heterocycles. The first-order valence-electron chi connectivity index (χ1n) is 12.4. The molecule has 0 fully saturated rings. The summed E-state index contributed by atoms with van der Waals surface area (Å²) in [6.45, 7) is 7.66. The molecule has 36 heavy (non-hydrogen) atoms. The van der Waals surface area contributed by atoms with Crippen molar-refractivity contribution in [2.45, 2.75) is 77.5 Å². The highest BCUT2D eigenvalue weighted by atomic mass is 32.2. The average molecular weight is 523 g/mol. The van der Waals surface area contributed by atoms with Gasteiger partial charge in [-0.1, -0.05) is 58.0 Å². The number of thioether (sulfide) groups is 1. The number of rotatable bonds is 16. The third-order valence-electron chi connectivity index (χ3n) is 5.54. The molecule has 0 aliphatic carbocycles. The van der Waals surface area contributed by atoms with Gasteiger partial charge in [0, 0.05) is 6.42 Å². The zero-order valence-corrected chi connectivity index (χ0v) is 22.8. The van der Waals surface area contributed by atoms with Gasteiger partial charge in [-0.15, -0.1) is 0 Å². The SMILES string of the molecule is CSCCC(NC(=O)C(Cc1ccccc1)NC(=O)C(N)CC(C)C)C(=O)NC(CC(C)C)C(=O)O. The van der Waals surface area contributed by atoms with Gasteiger partial charge in [-0.05, 0) is 48.7 Å². The highest BCUT2D eigenvalue weighted by molar-refractivity contribution is 7.98. The number of nitrogens with one attached hydrogen (secondary N) is 3. The van der Waals surface area contributed by atoms with E-state index in [1.165, 1.54) is 11.8 Å². The molecule has 9 nitrogen and oxygen atoms in total. The number of carbonyl (C=O) groups excluding carboxylic acids is 3. The summed E-state index contributed by atoms with van der Waals surface area (Å²) in [5.41, 5.74) is 6.87. The normalized spacial score (nSPS) is 14.6. The van der Waals surface area contributed by atoms with E-state index in [-0.39, 0.29) is 24.7 Å². The fourth-order valence-corrected chi connectivity index (χ4v) is 4.17. The van der Waals surface area contributed by atoms with Gasteiger partial charge in [0.15, 0.2) is 0 Å². The van der Waals surface area contributed by atoms with Crippen molar-refractivity contribution in [3.05, 3.63) is 35.9 Å². The van der Waals surface area contributed by atoms with E-state index in [9.17, 15) is 24.3 Å². The number of amides is 3. The fourth-order valence-electron chi connectivity index (χ4n) is 3.69. The van der Waals surface area contributed by atoms with Crippen LogP contribution in [0.25, 0.3) is 0 Å². The largest absolute Gasteiger partial charge is 0.480 e. The Morgan fingerprint density at radius 1 is 0.833 bits per heavy atom. The van der Waals surface area contributed by atoms with Crippen LogP contribution in [0.1, 0.15) is 52.5 Å². The molecule has 0 aromatic heterocycles. The number of nitrogens with two attached hydrogens (primary N) is 1. The molecule has 0 spiro atoms. The summed E-state index contributed by atoms with van der Waals surface area (Å²) in [5.74, 6) is -1.80. The molecule has 202 valence electrons. The molecular weight excluding hydrogens is 480 g/mol. The van der Waals surface area contributed by atoms with E-state index in [4.69, 9.17) is 5.73 Å². The van der Waals surface area contributed by atoms with E-state index >= 15 is 0 Å². The Balaban J connectivity index is 3.07. The Bertz CT molecular complexity index is 850. The van der Waals surface area contributed by atoms with Crippen LogP contribution in [0, 0.1) is 11.8 Å². The van der Waals surface area contributed by atoms with Crippen LogP contribution in [-0.4, -0.2) is 65.0 Å². The van der Waals surface area contributed by atoms with E-state index < -0.39 is 47.9 Å². The lowest BCUT2D eigenvalue weighted by Gasteiger charge is -2.26. The van der Waals surface area contributed by atoms with Gasteiger partial charge in [0.2, 0.25) is 17.7 Å². The maximum Gasteiger partial charge on any atom is 0.326 e. The van der Waals surface area contributed by atoms with Crippen LogP contribution in [0.3, 0.4) is 0 Å². The minimum Gasteiger partial charge on any atom is -0.480 e. The second-order valence-corrected chi connectivity index (χ2v) is 10.8. The van der Waals surface area contributed by atoms with Crippen molar-refractivity contribution in [1.29, 1.82) is 0 Å². The van der Waals surface area contributed by atoms with Gasteiger partial charge in [-0.2, -0.15) is 11.8 Å². The van der Waals surface area contributed by atoms with Crippen molar-refractivity contribution in [1.82, 2.24) is 16.0 Å². The molecule has 10 heteroatoms. The minimum absolute atomic E-state index is 0.0613. The summed E-state index contributed by atoms with van der Waals surface area (Å²) >= 11 is 1.51. The number of carboxylic acid groups (broad SMARTS) is 1. The number of benzene rings is 1. The summed E-state index contributed by atoms with van der Waals surface area (Å²) in [4.78, 5) is 50.7. The third kappa shape index (κ3) is 11.9. The lowest BCUT2D eigenvalue weighted by molar-refractivity contribution is -0.142. The van der Waals surface area contributed by atoms with Crippen LogP contribution < -0.4 is 21.7 Å². The minimum atomic E-state index is -1.12. The lowest BCUT2D eigenvalue weighted by Crippen LogP contribution is -2.57. The zero-order valence-electron chi connectivity index (χ0n) is 22.0. The summed E-state index contributed by atoms with van der Waals surface area (Å²) in [6, 6.07) is 5.52. The molecule has 1 rings (SSSR count). The van der Waals surface area contributed by atoms with Crippen molar-refractivity contribution in [3.8, 4) is 0 Å². The second kappa shape index (κ2) is 16.2. The van der Waals surface area contributed by atoms with Gasteiger partial charge in [-0.3, -0.25) is 14.4 Å². The maximum atomic E-state index is 13.3. The predicted molar refractivity (Wildman–Crippen MR) is 143 cm³/mol. The highest BCUT2D eigenvalue weighted by Crippen LogP contribution is 2.10. The van der Waals surface area contributed by atoms with Crippen LogP contribution in [0.4, 0.5) is 0 Å². The average Bonchev–Trinajstić information content (AvgIpc) is 2.80. The number of carboxylic acids is 1. The quantitative estimate of drug-likeness (QED) is 0.223. The molecule has 0 radical (unpaired) electrons. The highest BCUT2D eigenvalue weighted by Gasteiger charge is 2.30. The first kappa shape index (κ1) is 31.4. The van der Waals surface area contributed by atoms with Gasteiger partial charge in [0.1, 0.15) is 18.1 Å². The molecule has 0 aliphatic heterocycles. The topological polar surface area (TPSA) is 151 Å². The molecule has 1 aromatic carbocycles. The summed E-state index contributed by atoms with van der Waals surface area (Å²) in [7, 11) is 0. The zero-order chi connectivity index (χ0) is 27.3. The Kier molecular flexibility index (Phi) is 14.2. The predicted octanol–water partition coefficient (Wildman–Crippen LogP) is 1.94. The van der Waals surface area contributed by atoms with Crippen LogP contribution >= 0.6 is 11.8 Å². The number of aliphatic carboxylic acids is 1. The monoisotopic (exact) mass is 522 g/mol. The molecule has 4 atom stereocenters. The van der Waals surface area contributed by atoms with Crippen LogP contribution in [-0.2, 0) is 25.6 Å². The van der Waals surface area contributed by atoms with Crippen molar-refractivity contribution >= 4 is 35.5 Å². The Morgan fingerprint density at radius 3 is 1.89 bits per heavy atom. The first-order valence-corrected chi connectivity index (χ1v) is 13.8. The van der Waals surface area contributed by atoms with Crippen LogP contribution in [0.15, 0.2) is 30.3 Å². The van der Waals surface area contributed by atoms with Crippen molar-refractivity contribution in [2.75, 3.05) is 12.0 Å². The van der Waals surface area contributed by atoms with Crippen molar-refractivity contribution < 1.29 is 24.3 Å². The van der Waals surface area contributed by atoms with E-state index in [1.54, 1.807) is 0 Å². The molecule has 3 amide bonds. The number of carbonyl (C=O) groups is 4. The smallest absolute Gasteiger partial charge is 0.326 e. The van der Waals surface area contributed by atoms with Gasteiger partial charge < -0.3 is 26.8 Å². The maximum absolute atomic E-state index is 13.3. The fraction of sp³-hybridized carbons (Fsp3) is 0.615. The van der Waals surface area contributed by atoms with Gasteiger partial charge in [0.05, 0.1) is 6.04 Å². The summed E-state index contributed by atoms with van der Waals surface area (Å²) in [6.07, 6.45) is 3.14. The Morgan fingerprint density at radius 2 is 1.36 bits per heavy atom. The summed E-state index contributed by atoms with van der Waals surface area (Å²) < 4.78 is 0. The Labute approximate surface area is 218 Å². The van der Waals surface area contributed by atoms with E-state index in [0.29, 0.717) is 18.6 Å². The first-order chi connectivity index (χ1) is 16.9. The van der Waals surface area contributed by atoms with Crippen molar-refractivity contribution in [2.24, 2.45) is 17.6 Å². The van der Waals surface area contributed by atoms with E-state index in [0.717, 1.165) is 5.56 Å². The van der Waals surface area contributed by atoms with E-state index in [1.807, 2.05) is 64.3 Å². The van der Waals surface area contributed by atoms with Gasteiger partial charge in [-0.25, -0.2) is 4.79 Å². The van der Waals surface area contributed by atoms with E-state index in [2.05, 4.69) is 16.0 Å². The molecule has 1 aromatic rings. The second-order valence-electron chi connectivity index (χ2n) is 9.86. The summed E-state index contributed by atoms with van der Waals surface area (Å²) in [5, 5.41) is 17.6. The molecule has 0 heterocycles. The molecule has 6 N–H and O–H groups in total. The lowest BCUT2D eigenvalue weighted by atomic mass is 10.0. The van der Waals surface area contributed by atoms with Crippen molar-refractivity contribution in [3.63, 3.8) is 0 Å². The number of hydrogen-bond acceptors (Lipinski definition) is 6. The molecule has 0 aliphatic rings.